The Kier molecular flexibility index (Phi) is 12.7. The minimum Gasteiger partial charge on any atom is -0.435 e. The van der Waals surface area contributed by atoms with Gasteiger partial charge in [0.15, 0.2) is 0 Å². The van der Waals surface area contributed by atoms with Gasteiger partial charge in [-0.15, -0.1) is 0 Å². The third-order valence-electron chi connectivity index (χ3n) is 6.47. The fraction of sp³-hybridized carbons (Fsp3) is 0.387. The molecule has 0 saturated heterocycles. The highest BCUT2D eigenvalue weighted by atomic mass is 16.8. The fourth-order valence-corrected chi connectivity index (χ4v) is 4.37. The minimum absolute atomic E-state index is 0.116. The van der Waals surface area contributed by atoms with E-state index in [0.29, 0.717) is 25.1 Å². The number of unbranched alkanes of at least 4 members (excludes halogenated alkanes) is 1. The lowest BCUT2D eigenvalue weighted by Crippen LogP contribution is -2.41. The summed E-state index contributed by atoms with van der Waals surface area (Å²) in [6, 6.07) is 15.5. The van der Waals surface area contributed by atoms with Gasteiger partial charge in [-0.1, -0.05) is 55.8 Å². The van der Waals surface area contributed by atoms with E-state index in [1.54, 1.807) is 36.7 Å². The summed E-state index contributed by atoms with van der Waals surface area (Å²) in [4.78, 5) is 53.9. The third-order valence-corrected chi connectivity index (χ3v) is 6.47. The number of aromatic nitrogens is 2. The molecule has 1 aromatic heterocycles. The van der Waals surface area contributed by atoms with Crippen molar-refractivity contribution in [2.24, 2.45) is 0 Å². The van der Waals surface area contributed by atoms with E-state index in [-0.39, 0.29) is 18.6 Å². The molecule has 2 atom stereocenters. The number of benzene rings is 2. The normalized spacial score (nSPS) is 12.1. The number of aryl methyl sites for hydroxylation is 1. The maximum absolute atomic E-state index is 13.5. The van der Waals surface area contributed by atoms with Crippen LogP contribution in [0.25, 0.3) is 0 Å². The Morgan fingerprint density at radius 2 is 1.70 bits per heavy atom. The van der Waals surface area contributed by atoms with E-state index in [0.717, 1.165) is 29.8 Å². The molecular formula is C31H38N4O8. The Balaban J connectivity index is 1.76. The molecule has 2 unspecified atom stereocenters. The van der Waals surface area contributed by atoms with Gasteiger partial charge < -0.3 is 24.1 Å². The summed E-state index contributed by atoms with van der Waals surface area (Å²) in [6.07, 6.45) is 2.21. The summed E-state index contributed by atoms with van der Waals surface area (Å²) >= 11 is 0. The molecule has 0 fully saturated rings. The van der Waals surface area contributed by atoms with Crippen molar-refractivity contribution in [2.75, 3.05) is 6.61 Å². The smallest absolute Gasteiger partial charge is 0.435 e. The number of esters is 1. The van der Waals surface area contributed by atoms with Crippen LogP contribution < -0.4 is 10.8 Å². The predicted octanol–water partition coefficient (Wildman–Crippen LogP) is 4.19. The monoisotopic (exact) mass is 594 g/mol. The number of amides is 2. The number of hydrogen-bond acceptors (Lipinski definition) is 9. The number of hydroxylamine groups is 1. The van der Waals surface area contributed by atoms with Crippen LogP contribution in [0.1, 0.15) is 77.8 Å². The van der Waals surface area contributed by atoms with Gasteiger partial charge >= 0.3 is 12.1 Å². The van der Waals surface area contributed by atoms with Gasteiger partial charge in [0.1, 0.15) is 11.5 Å². The second-order valence-corrected chi connectivity index (χ2v) is 9.82. The van der Waals surface area contributed by atoms with Crippen LogP contribution in [-0.4, -0.2) is 57.6 Å². The molecule has 43 heavy (non-hydrogen) atoms. The van der Waals surface area contributed by atoms with Crippen molar-refractivity contribution >= 4 is 23.9 Å². The van der Waals surface area contributed by atoms with E-state index in [4.69, 9.17) is 14.7 Å². The van der Waals surface area contributed by atoms with Gasteiger partial charge in [-0.2, -0.15) is 0 Å². The van der Waals surface area contributed by atoms with Gasteiger partial charge in [0.05, 0.1) is 18.4 Å². The second kappa shape index (κ2) is 16.7. The van der Waals surface area contributed by atoms with E-state index in [9.17, 15) is 19.2 Å². The van der Waals surface area contributed by atoms with E-state index >= 15 is 0 Å². The Labute approximate surface area is 250 Å². The minimum atomic E-state index is -1.13. The molecule has 0 aliphatic carbocycles. The molecule has 230 valence electrons. The fourth-order valence-electron chi connectivity index (χ4n) is 4.37. The summed E-state index contributed by atoms with van der Waals surface area (Å²) in [5.41, 5.74) is 3.94. The first-order valence-electron chi connectivity index (χ1n) is 14.2. The highest BCUT2D eigenvalue weighted by molar-refractivity contribution is 5.93. The number of ether oxygens (including phenoxy) is 3. The molecule has 3 aromatic rings. The van der Waals surface area contributed by atoms with Crippen molar-refractivity contribution < 1.29 is 38.6 Å². The zero-order valence-electron chi connectivity index (χ0n) is 24.6. The van der Waals surface area contributed by atoms with Crippen molar-refractivity contribution in [1.29, 1.82) is 0 Å². The van der Waals surface area contributed by atoms with Gasteiger partial charge in [0.25, 0.3) is 5.91 Å². The molecule has 3 rings (SSSR count). The Bertz CT molecular complexity index is 1360. The predicted molar refractivity (Wildman–Crippen MR) is 155 cm³/mol. The van der Waals surface area contributed by atoms with Crippen LogP contribution in [0.4, 0.5) is 4.79 Å². The first-order chi connectivity index (χ1) is 20.7. The number of imidazole rings is 1. The molecule has 3 N–H and O–H groups in total. The summed E-state index contributed by atoms with van der Waals surface area (Å²) in [6.45, 7) is 5.55. The largest absolute Gasteiger partial charge is 0.511 e. The Morgan fingerprint density at radius 1 is 0.977 bits per heavy atom. The number of rotatable bonds is 15. The van der Waals surface area contributed by atoms with E-state index in [2.05, 4.69) is 22.0 Å². The molecular weight excluding hydrogens is 556 g/mol. The lowest BCUT2D eigenvalue weighted by atomic mass is 10.0. The molecule has 2 amide bonds. The topological polar surface area (TPSA) is 158 Å². The van der Waals surface area contributed by atoms with Crippen LogP contribution >= 0.6 is 0 Å². The highest BCUT2D eigenvalue weighted by Gasteiger charge is 2.22. The van der Waals surface area contributed by atoms with Crippen LogP contribution in [0.5, 0.6) is 0 Å². The third kappa shape index (κ3) is 10.3. The summed E-state index contributed by atoms with van der Waals surface area (Å²) in [5, 5.41) is 12.0. The Morgan fingerprint density at radius 3 is 2.35 bits per heavy atom. The lowest BCUT2D eigenvalue weighted by molar-refractivity contribution is -0.129. The van der Waals surface area contributed by atoms with Crippen molar-refractivity contribution in [3.8, 4) is 0 Å². The molecule has 12 nitrogen and oxygen atoms in total. The molecule has 1 heterocycles. The molecule has 0 bridgehead atoms. The standard InChI is InChI=1S/C31H38N4O8/c1-4-6-12-27-32-19-26(29(37)33-25(18-28(36)34-40)17-22-10-8-7-9-11-22)35(27)20-23-13-15-24(16-14-23)30(38)42-21(3)43-31(39)41-5-2/h7-11,13-16,19,21,25,40H,4-6,12,17-18,20H2,1-3H3,(H,33,37)(H,34,36). The molecule has 0 aliphatic heterocycles. The highest BCUT2D eigenvalue weighted by Crippen LogP contribution is 2.16. The quantitative estimate of drug-likeness (QED) is 0.102. The summed E-state index contributed by atoms with van der Waals surface area (Å²) < 4.78 is 16.5. The maximum atomic E-state index is 13.5. The van der Waals surface area contributed by atoms with Crippen LogP contribution in [0.3, 0.4) is 0 Å². The molecule has 12 heteroatoms. The van der Waals surface area contributed by atoms with Crippen LogP contribution in [0, 0.1) is 0 Å². The van der Waals surface area contributed by atoms with Crippen LogP contribution in [0.15, 0.2) is 60.8 Å². The maximum Gasteiger partial charge on any atom is 0.511 e. The van der Waals surface area contributed by atoms with E-state index in [1.807, 2.05) is 34.9 Å². The molecule has 2 aromatic carbocycles. The first-order valence-corrected chi connectivity index (χ1v) is 14.2. The zero-order chi connectivity index (χ0) is 31.2. The molecule has 0 spiro atoms. The zero-order valence-corrected chi connectivity index (χ0v) is 24.6. The van der Waals surface area contributed by atoms with Gasteiger partial charge in [-0.25, -0.2) is 20.1 Å². The van der Waals surface area contributed by atoms with Crippen molar-refractivity contribution in [3.05, 3.63) is 89.0 Å². The van der Waals surface area contributed by atoms with E-state index in [1.165, 1.54) is 13.1 Å². The molecule has 0 saturated carbocycles. The second-order valence-electron chi connectivity index (χ2n) is 9.82. The Hall–Kier alpha value is -4.71. The number of carbonyl (C=O) groups is 4. The summed E-state index contributed by atoms with van der Waals surface area (Å²) in [5.74, 6) is -0.962. The lowest BCUT2D eigenvalue weighted by Gasteiger charge is -2.19. The van der Waals surface area contributed by atoms with Crippen molar-refractivity contribution in [1.82, 2.24) is 20.3 Å². The average molecular weight is 595 g/mol. The van der Waals surface area contributed by atoms with Gasteiger partial charge in [-0.3, -0.25) is 14.8 Å². The van der Waals surface area contributed by atoms with Crippen molar-refractivity contribution in [2.45, 2.75) is 71.8 Å². The van der Waals surface area contributed by atoms with E-state index < -0.39 is 36.3 Å². The number of nitrogens with one attached hydrogen (secondary N) is 2. The van der Waals surface area contributed by atoms with Crippen molar-refractivity contribution in [3.63, 3.8) is 0 Å². The average Bonchev–Trinajstić information content (AvgIpc) is 3.38. The first kappa shape index (κ1) is 32.8. The SMILES string of the molecule is CCCCc1ncc(C(=O)NC(CC(=O)NO)Cc2ccccc2)n1Cc1ccc(C(=O)OC(C)OC(=O)OCC)cc1. The molecule has 0 radical (unpaired) electrons. The number of nitrogens with zero attached hydrogens (tertiary/aromatic N) is 2. The summed E-state index contributed by atoms with van der Waals surface area (Å²) in [7, 11) is 0. The number of hydrogen-bond donors (Lipinski definition) is 3. The number of carbonyl (C=O) groups excluding carboxylic acids is 4. The molecule has 0 aliphatic rings. The van der Waals surface area contributed by atoms with Crippen LogP contribution in [0.2, 0.25) is 0 Å². The van der Waals surface area contributed by atoms with Gasteiger partial charge in [0.2, 0.25) is 12.2 Å². The van der Waals surface area contributed by atoms with Crippen LogP contribution in [-0.2, 0) is 38.4 Å². The van der Waals surface area contributed by atoms with Gasteiger partial charge in [-0.05, 0) is 43.0 Å². The van der Waals surface area contributed by atoms with Gasteiger partial charge in [0, 0.05) is 32.4 Å².